The van der Waals surface area contributed by atoms with Crippen LogP contribution in [-0.4, -0.2) is 48.4 Å². The van der Waals surface area contributed by atoms with Crippen molar-refractivity contribution in [2.75, 3.05) is 32.7 Å². The number of nitrogens with one attached hydrogen (secondary N) is 1. The molecule has 0 radical (unpaired) electrons. The Morgan fingerprint density at radius 3 is 1.88 bits per heavy atom. The zero-order valence-corrected chi connectivity index (χ0v) is 10.9. The molecular weight excluding hydrogens is 222 g/mol. The van der Waals surface area contributed by atoms with Crippen molar-refractivity contribution in [1.29, 1.82) is 5.41 Å². The third-order valence-electron chi connectivity index (χ3n) is 3.56. The normalized spacial score (nSPS) is 22.6. The van der Waals surface area contributed by atoms with E-state index in [2.05, 4.69) is 9.80 Å². The van der Waals surface area contributed by atoms with Crippen LogP contribution < -0.4 is 0 Å². The van der Waals surface area contributed by atoms with Crippen LogP contribution in [0.5, 0.6) is 0 Å². The SMILES string of the molecule is Cl.N=C(CN1CCCCC1)N1CCCCC1. The van der Waals surface area contributed by atoms with E-state index in [-0.39, 0.29) is 12.4 Å². The lowest BCUT2D eigenvalue weighted by molar-refractivity contribution is 0.242. The second kappa shape index (κ2) is 7.13. The molecule has 94 valence electrons. The molecule has 0 spiro atoms. The minimum absolute atomic E-state index is 0. The minimum atomic E-state index is 0. The van der Waals surface area contributed by atoms with Crippen molar-refractivity contribution in [3.05, 3.63) is 0 Å². The van der Waals surface area contributed by atoms with E-state index in [9.17, 15) is 0 Å². The van der Waals surface area contributed by atoms with Gasteiger partial charge in [-0.3, -0.25) is 10.3 Å². The lowest BCUT2D eigenvalue weighted by atomic mass is 10.1. The number of piperidine rings is 2. The fourth-order valence-corrected chi connectivity index (χ4v) is 2.59. The maximum absolute atomic E-state index is 8.10. The molecule has 0 aliphatic carbocycles. The van der Waals surface area contributed by atoms with Crippen molar-refractivity contribution in [1.82, 2.24) is 9.80 Å². The smallest absolute Gasteiger partial charge is 0.110 e. The summed E-state index contributed by atoms with van der Waals surface area (Å²) in [4.78, 5) is 4.72. The molecule has 0 bridgehead atoms. The summed E-state index contributed by atoms with van der Waals surface area (Å²) in [5.74, 6) is 0.858. The van der Waals surface area contributed by atoms with Gasteiger partial charge in [0.1, 0.15) is 5.84 Å². The van der Waals surface area contributed by atoms with E-state index in [1.54, 1.807) is 0 Å². The largest absolute Gasteiger partial charge is 0.359 e. The van der Waals surface area contributed by atoms with E-state index in [4.69, 9.17) is 5.41 Å². The lowest BCUT2D eigenvalue weighted by Crippen LogP contribution is -2.43. The number of amidine groups is 1. The molecule has 0 aromatic rings. The minimum Gasteiger partial charge on any atom is -0.359 e. The van der Waals surface area contributed by atoms with E-state index in [1.807, 2.05) is 0 Å². The van der Waals surface area contributed by atoms with Gasteiger partial charge in [-0.25, -0.2) is 0 Å². The first kappa shape index (κ1) is 13.8. The fourth-order valence-electron chi connectivity index (χ4n) is 2.59. The van der Waals surface area contributed by atoms with E-state index in [1.165, 1.54) is 51.6 Å². The average molecular weight is 246 g/mol. The third-order valence-corrected chi connectivity index (χ3v) is 3.56. The molecule has 0 unspecified atom stereocenters. The van der Waals surface area contributed by atoms with Gasteiger partial charge in [0.2, 0.25) is 0 Å². The Balaban J connectivity index is 0.00000128. The van der Waals surface area contributed by atoms with Gasteiger partial charge < -0.3 is 4.90 Å². The molecule has 2 heterocycles. The zero-order valence-electron chi connectivity index (χ0n) is 10.1. The molecule has 0 saturated carbocycles. The third kappa shape index (κ3) is 3.95. The highest BCUT2D eigenvalue weighted by molar-refractivity contribution is 5.85. The van der Waals surface area contributed by atoms with Crippen LogP contribution in [-0.2, 0) is 0 Å². The number of nitrogens with zero attached hydrogens (tertiary/aromatic N) is 2. The second-order valence-electron chi connectivity index (χ2n) is 4.83. The van der Waals surface area contributed by atoms with Gasteiger partial charge in [0.05, 0.1) is 6.54 Å². The van der Waals surface area contributed by atoms with Gasteiger partial charge in [-0.2, -0.15) is 0 Å². The lowest BCUT2D eigenvalue weighted by Gasteiger charge is -2.33. The maximum atomic E-state index is 8.10. The van der Waals surface area contributed by atoms with Crippen LogP contribution in [0.2, 0.25) is 0 Å². The van der Waals surface area contributed by atoms with Crippen LogP contribution in [0.25, 0.3) is 0 Å². The molecule has 1 N–H and O–H groups in total. The van der Waals surface area contributed by atoms with Gasteiger partial charge in [0.25, 0.3) is 0 Å². The Kier molecular flexibility index (Phi) is 6.14. The molecule has 0 amide bonds. The predicted molar refractivity (Wildman–Crippen MR) is 70.7 cm³/mol. The first-order chi connectivity index (χ1) is 7.36. The number of halogens is 1. The number of hydrogen-bond donors (Lipinski definition) is 1. The Bertz CT molecular complexity index is 208. The van der Waals surface area contributed by atoms with Crippen molar-refractivity contribution in [3.63, 3.8) is 0 Å². The summed E-state index contributed by atoms with van der Waals surface area (Å²) in [6, 6.07) is 0. The topological polar surface area (TPSA) is 30.3 Å². The molecule has 2 aliphatic rings. The summed E-state index contributed by atoms with van der Waals surface area (Å²) in [6.07, 6.45) is 7.95. The monoisotopic (exact) mass is 245 g/mol. The summed E-state index contributed by atoms with van der Waals surface area (Å²) in [6.45, 7) is 5.53. The van der Waals surface area contributed by atoms with Gasteiger partial charge in [-0.15, -0.1) is 12.4 Å². The Morgan fingerprint density at radius 2 is 1.31 bits per heavy atom. The summed E-state index contributed by atoms with van der Waals surface area (Å²) in [5, 5.41) is 8.10. The van der Waals surface area contributed by atoms with Crippen LogP contribution in [0, 0.1) is 5.41 Å². The summed E-state index contributed by atoms with van der Waals surface area (Å²) in [7, 11) is 0. The molecular formula is C12H24ClN3. The van der Waals surface area contributed by atoms with Crippen molar-refractivity contribution in [3.8, 4) is 0 Å². The number of likely N-dealkylation sites (tertiary alicyclic amines) is 2. The molecule has 4 heteroatoms. The second-order valence-corrected chi connectivity index (χ2v) is 4.83. The van der Waals surface area contributed by atoms with Crippen LogP contribution in [0.3, 0.4) is 0 Å². The highest BCUT2D eigenvalue weighted by Gasteiger charge is 2.17. The molecule has 2 saturated heterocycles. The molecule has 0 aromatic carbocycles. The molecule has 0 aromatic heterocycles. The van der Waals surface area contributed by atoms with Crippen LogP contribution >= 0.6 is 12.4 Å². The van der Waals surface area contributed by atoms with Gasteiger partial charge in [0, 0.05) is 13.1 Å². The number of rotatable bonds is 2. The van der Waals surface area contributed by atoms with Crippen molar-refractivity contribution < 1.29 is 0 Å². The summed E-state index contributed by atoms with van der Waals surface area (Å²) >= 11 is 0. The first-order valence-corrected chi connectivity index (χ1v) is 6.41. The zero-order chi connectivity index (χ0) is 10.5. The Labute approximate surface area is 105 Å². The van der Waals surface area contributed by atoms with E-state index in [0.29, 0.717) is 0 Å². The van der Waals surface area contributed by atoms with E-state index in [0.717, 1.165) is 25.5 Å². The van der Waals surface area contributed by atoms with Crippen LogP contribution in [0.15, 0.2) is 0 Å². The highest BCUT2D eigenvalue weighted by Crippen LogP contribution is 2.12. The van der Waals surface area contributed by atoms with Gasteiger partial charge in [0.15, 0.2) is 0 Å². The van der Waals surface area contributed by atoms with Crippen LogP contribution in [0.1, 0.15) is 38.5 Å². The standard InChI is InChI=1S/C12H23N3.ClH/c13-12(15-9-5-2-6-10-15)11-14-7-3-1-4-8-14;/h13H,1-11H2;1H. The fraction of sp³-hybridized carbons (Fsp3) is 0.917. The van der Waals surface area contributed by atoms with Crippen LogP contribution in [0.4, 0.5) is 0 Å². The quantitative estimate of drug-likeness (QED) is 0.598. The van der Waals surface area contributed by atoms with Gasteiger partial charge in [-0.1, -0.05) is 6.42 Å². The molecule has 2 rings (SSSR count). The molecule has 16 heavy (non-hydrogen) atoms. The summed E-state index contributed by atoms with van der Waals surface area (Å²) in [5.41, 5.74) is 0. The molecule has 3 nitrogen and oxygen atoms in total. The maximum Gasteiger partial charge on any atom is 0.110 e. The number of hydrogen-bond acceptors (Lipinski definition) is 2. The first-order valence-electron chi connectivity index (χ1n) is 6.41. The highest BCUT2D eigenvalue weighted by atomic mass is 35.5. The predicted octanol–water partition coefficient (Wildman–Crippen LogP) is 2.36. The molecule has 2 aliphatic heterocycles. The van der Waals surface area contributed by atoms with E-state index >= 15 is 0 Å². The van der Waals surface area contributed by atoms with Crippen molar-refractivity contribution >= 4 is 18.2 Å². The molecule has 0 atom stereocenters. The van der Waals surface area contributed by atoms with E-state index < -0.39 is 0 Å². The Hall–Kier alpha value is -0.280. The summed E-state index contributed by atoms with van der Waals surface area (Å²) < 4.78 is 0. The van der Waals surface area contributed by atoms with Crippen molar-refractivity contribution in [2.24, 2.45) is 0 Å². The van der Waals surface area contributed by atoms with Gasteiger partial charge in [-0.05, 0) is 45.2 Å². The average Bonchev–Trinajstić information content (AvgIpc) is 2.31. The van der Waals surface area contributed by atoms with Crippen molar-refractivity contribution in [2.45, 2.75) is 38.5 Å². The Morgan fingerprint density at radius 1 is 0.812 bits per heavy atom. The molecule has 2 fully saturated rings. The van der Waals surface area contributed by atoms with Gasteiger partial charge >= 0.3 is 0 Å².